The molecule has 0 radical (unpaired) electrons. The van der Waals surface area contributed by atoms with Gasteiger partial charge in [0, 0.05) is 64.9 Å². The number of anilines is 1. The molecule has 16 heteroatoms. The quantitative estimate of drug-likeness (QED) is 0.405. The molecular formula is C28H35N9O7. The largest absolute Gasteiger partial charge is 0.403 e. The minimum atomic E-state index is -1.90. The van der Waals surface area contributed by atoms with Crippen molar-refractivity contribution < 1.29 is 33.3 Å². The molecule has 4 aliphatic rings. The summed E-state index contributed by atoms with van der Waals surface area (Å²) < 4.78 is 24.5. The maximum atomic E-state index is 14.3. The third-order valence-electron chi connectivity index (χ3n) is 8.51. The number of ether oxygens (including phenoxy) is 4. The van der Waals surface area contributed by atoms with E-state index in [-0.39, 0.29) is 37.7 Å². The summed E-state index contributed by atoms with van der Waals surface area (Å²) >= 11 is 0. The van der Waals surface area contributed by atoms with Crippen molar-refractivity contribution >= 4 is 34.8 Å². The van der Waals surface area contributed by atoms with Crippen molar-refractivity contribution in [2.45, 2.75) is 44.1 Å². The van der Waals surface area contributed by atoms with Gasteiger partial charge in [-0.1, -0.05) is 0 Å². The van der Waals surface area contributed by atoms with Crippen LogP contribution in [0.2, 0.25) is 0 Å². The molecule has 44 heavy (non-hydrogen) atoms. The molecule has 7 heterocycles. The van der Waals surface area contributed by atoms with Gasteiger partial charge in [0.25, 0.3) is 5.91 Å². The minimum Gasteiger partial charge on any atom is -0.403 e. The summed E-state index contributed by atoms with van der Waals surface area (Å²) in [6.07, 6.45) is 4.63. The van der Waals surface area contributed by atoms with Gasteiger partial charge in [0.15, 0.2) is 23.1 Å². The number of hydrogen-bond acceptors (Lipinski definition) is 13. The van der Waals surface area contributed by atoms with Gasteiger partial charge in [0.2, 0.25) is 0 Å². The first-order chi connectivity index (χ1) is 21.4. The Morgan fingerprint density at radius 2 is 1.66 bits per heavy atom. The molecule has 0 bridgehead atoms. The number of likely N-dealkylation sites (tertiary alicyclic amines) is 1. The molecule has 3 aromatic rings. The van der Waals surface area contributed by atoms with Gasteiger partial charge in [0.1, 0.15) is 5.52 Å². The number of esters is 2. The summed E-state index contributed by atoms with van der Waals surface area (Å²) in [5.41, 5.74) is 1.50. The lowest BCUT2D eigenvalue weighted by Gasteiger charge is -2.49. The van der Waals surface area contributed by atoms with Crippen LogP contribution in [0.15, 0.2) is 12.4 Å². The van der Waals surface area contributed by atoms with Crippen molar-refractivity contribution in [1.29, 1.82) is 0 Å². The summed E-state index contributed by atoms with van der Waals surface area (Å²) in [5, 5.41) is 4.25. The Balaban J connectivity index is 1.27. The highest BCUT2D eigenvalue weighted by molar-refractivity contribution is 5.96. The van der Waals surface area contributed by atoms with Crippen molar-refractivity contribution in [3.8, 4) is 11.4 Å². The van der Waals surface area contributed by atoms with Crippen LogP contribution in [0.25, 0.3) is 22.6 Å². The van der Waals surface area contributed by atoms with E-state index < -0.39 is 23.8 Å². The number of hydrogen-bond donors (Lipinski definition) is 1. The lowest BCUT2D eigenvalue weighted by atomic mass is 9.98. The van der Waals surface area contributed by atoms with Crippen molar-refractivity contribution in [3.63, 3.8) is 0 Å². The zero-order chi connectivity index (χ0) is 30.3. The first-order valence-electron chi connectivity index (χ1n) is 15.1. The monoisotopic (exact) mass is 609 g/mol. The standard InChI is InChI=1S/C28H35N9O7/c1-34-17-18(16-29-34)23-31-24-22(26(33-23)36-9-13-42-14-10-36)30-25(32-24)27(40)37-6-5-19(35-7-11-41-12-8-35)15-28(37)43-20(38)3-2-4-21(39)44-28/h16-17,19H,2-15H2,1H3,(H,30,31,32,33). The number of carbonyl (C=O) groups excluding carboxylic acids is 3. The Morgan fingerprint density at radius 1 is 0.955 bits per heavy atom. The summed E-state index contributed by atoms with van der Waals surface area (Å²) in [7, 11) is 1.81. The van der Waals surface area contributed by atoms with Gasteiger partial charge >= 0.3 is 17.8 Å². The number of nitrogens with one attached hydrogen (secondary N) is 1. The molecule has 7 rings (SSSR count). The van der Waals surface area contributed by atoms with Crippen LogP contribution in [-0.4, -0.2) is 128 Å². The van der Waals surface area contributed by atoms with Crippen LogP contribution >= 0.6 is 0 Å². The number of aryl methyl sites for hydroxylation is 1. The van der Waals surface area contributed by atoms with E-state index in [9.17, 15) is 14.4 Å². The summed E-state index contributed by atoms with van der Waals surface area (Å²) in [6, 6.07) is -0.0838. The number of aromatic nitrogens is 6. The molecule has 4 aliphatic heterocycles. The molecule has 0 aliphatic carbocycles. The molecule has 16 nitrogen and oxygen atoms in total. The van der Waals surface area contributed by atoms with E-state index in [0.717, 1.165) is 0 Å². The summed E-state index contributed by atoms with van der Waals surface area (Å²) in [6.45, 7) is 5.01. The third kappa shape index (κ3) is 5.48. The fourth-order valence-electron chi connectivity index (χ4n) is 6.30. The number of piperidine rings is 1. The first-order valence-corrected chi connectivity index (χ1v) is 15.1. The highest BCUT2D eigenvalue weighted by Gasteiger charge is 2.54. The van der Waals surface area contributed by atoms with E-state index in [0.29, 0.717) is 93.8 Å². The fraction of sp³-hybridized carbons (Fsp3) is 0.607. The Bertz CT molecular complexity index is 1540. The Kier molecular flexibility index (Phi) is 7.63. The summed E-state index contributed by atoms with van der Waals surface area (Å²) in [4.78, 5) is 63.0. The average molecular weight is 610 g/mol. The summed E-state index contributed by atoms with van der Waals surface area (Å²) in [5.74, 6) is -2.53. The zero-order valence-electron chi connectivity index (χ0n) is 24.6. The van der Waals surface area contributed by atoms with Gasteiger partial charge in [-0.3, -0.25) is 28.9 Å². The highest BCUT2D eigenvalue weighted by atomic mass is 16.8. The number of fused-ring (bicyclic) bond motifs is 1. The van der Waals surface area contributed by atoms with Crippen LogP contribution in [-0.2, 0) is 35.6 Å². The molecule has 1 N–H and O–H groups in total. The van der Waals surface area contributed by atoms with E-state index in [1.54, 1.807) is 10.9 Å². The molecule has 0 aromatic carbocycles. The van der Waals surface area contributed by atoms with Gasteiger partial charge in [-0.25, -0.2) is 15.0 Å². The Hall–Kier alpha value is -4.15. The van der Waals surface area contributed by atoms with Crippen molar-refractivity contribution in [3.05, 3.63) is 18.2 Å². The molecule has 4 fully saturated rings. The van der Waals surface area contributed by atoms with Crippen LogP contribution in [0.3, 0.4) is 0 Å². The number of carbonyl (C=O) groups is 3. The molecule has 3 aromatic heterocycles. The number of H-pyrrole nitrogens is 1. The van der Waals surface area contributed by atoms with Gasteiger partial charge in [0.05, 0.1) is 44.6 Å². The van der Waals surface area contributed by atoms with E-state index in [4.69, 9.17) is 23.9 Å². The Labute approximate surface area is 252 Å². The lowest BCUT2D eigenvalue weighted by molar-refractivity contribution is -0.295. The zero-order valence-corrected chi connectivity index (χ0v) is 24.6. The van der Waals surface area contributed by atoms with Crippen LogP contribution < -0.4 is 4.90 Å². The van der Waals surface area contributed by atoms with E-state index >= 15 is 0 Å². The molecule has 234 valence electrons. The van der Waals surface area contributed by atoms with Gasteiger partial charge < -0.3 is 28.8 Å². The predicted molar refractivity (Wildman–Crippen MR) is 152 cm³/mol. The predicted octanol–water partition coefficient (Wildman–Crippen LogP) is 0.451. The number of amides is 1. The second-order valence-corrected chi connectivity index (χ2v) is 11.4. The van der Waals surface area contributed by atoms with Crippen molar-refractivity contribution in [1.82, 2.24) is 39.5 Å². The van der Waals surface area contributed by atoms with Gasteiger partial charge in [-0.15, -0.1) is 0 Å². The Morgan fingerprint density at radius 3 is 2.34 bits per heavy atom. The van der Waals surface area contributed by atoms with Crippen molar-refractivity contribution in [2.75, 3.05) is 64.1 Å². The van der Waals surface area contributed by atoms with Gasteiger partial charge in [-0.2, -0.15) is 5.10 Å². The van der Waals surface area contributed by atoms with E-state index in [1.807, 2.05) is 13.2 Å². The first kappa shape index (κ1) is 28.6. The number of nitrogens with zero attached hydrogens (tertiary/aromatic N) is 8. The molecular weight excluding hydrogens is 574 g/mol. The normalized spacial score (nSPS) is 23.3. The maximum Gasteiger partial charge on any atom is 0.346 e. The molecule has 0 saturated carbocycles. The van der Waals surface area contributed by atoms with E-state index in [1.165, 1.54) is 4.90 Å². The number of rotatable bonds is 4. The fourth-order valence-corrected chi connectivity index (χ4v) is 6.30. The van der Waals surface area contributed by atoms with Crippen LogP contribution in [0.1, 0.15) is 42.7 Å². The maximum absolute atomic E-state index is 14.3. The second-order valence-electron chi connectivity index (χ2n) is 11.4. The second kappa shape index (κ2) is 11.7. The van der Waals surface area contributed by atoms with Crippen LogP contribution in [0, 0.1) is 0 Å². The van der Waals surface area contributed by atoms with Crippen LogP contribution in [0.4, 0.5) is 5.82 Å². The lowest BCUT2D eigenvalue weighted by Crippen LogP contribution is -2.65. The van der Waals surface area contributed by atoms with Crippen LogP contribution in [0.5, 0.6) is 0 Å². The topological polar surface area (TPSA) is 170 Å². The minimum absolute atomic E-state index is 0.0227. The number of morpholine rings is 2. The van der Waals surface area contributed by atoms with Crippen molar-refractivity contribution in [2.24, 2.45) is 7.05 Å². The molecule has 1 amide bonds. The number of aromatic amines is 1. The molecule has 1 unspecified atom stereocenters. The molecule has 1 spiro atoms. The molecule has 4 saturated heterocycles. The van der Waals surface area contributed by atoms with E-state index in [2.05, 4.69) is 29.9 Å². The SMILES string of the molecule is Cn1cc(-c2nc(N3CCOCC3)c3[nH]c(C(=O)N4CCC(N5CCOCC5)CC45OC(=O)CCCC(=O)O5)nc3n2)cn1. The average Bonchev–Trinajstić information content (AvgIpc) is 3.67. The van der Waals surface area contributed by atoms with Gasteiger partial charge in [-0.05, 0) is 12.8 Å². The third-order valence-corrected chi connectivity index (χ3v) is 8.51. The number of imidazole rings is 1. The smallest absolute Gasteiger partial charge is 0.346 e. The molecule has 1 atom stereocenters. The highest BCUT2D eigenvalue weighted by Crippen LogP contribution is 2.37.